The number of fused-ring (bicyclic) bond motifs is 3. The second-order valence-electron chi connectivity index (χ2n) is 7.28. The van der Waals surface area contributed by atoms with Crippen LogP contribution in [0.5, 0.6) is 0 Å². The van der Waals surface area contributed by atoms with Gasteiger partial charge in [0, 0.05) is 29.7 Å². The lowest BCUT2D eigenvalue weighted by atomic mass is 9.95. The summed E-state index contributed by atoms with van der Waals surface area (Å²) in [6, 6.07) is 16.3. The van der Waals surface area contributed by atoms with Crippen molar-refractivity contribution in [3.63, 3.8) is 0 Å². The van der Waals surface area contributed by atoms with E-state index in [0.717, 1.165) is 23.0 Å². The smallest absolute Gasteiger partial charge is 0.307 e. The maximum atomic E-state index is 12.7. The van der Waals surface area contributed by atoms with Crippen molar-refractivity contribution in [1.82, 2.24) is 9.88 Å². The highest BCUT2D eigenvalue weighted by Gasteiger charge is 2.33. The third-order valence-corrected chi connectivity index (χ3v) is 7.32. The number of nitrogens with zero attached hydrogens (tertiary/aromatic N) is 1. The average molecular weight is 413 g/mol. The summed E-state index contributed by atoms with van der Waals surface area (Å²) in [5, 5.41) is 1.16. The molecule has 1 aliphatic heterocycles. The Balaban J connectivity index is 1.61. The number of H-pyrrole nitrogens is 1. The largest absolute Gasteiger partial charge is 0.469 e. The maximum Gasteiger partial charge on any atom is 0.307 e. The molecule has 1 N–H and O–H groups in total. The van der Waals surface area contributed by atoms with Crippen molar-refractivity contribution < 1.29 is 17.9 Å². The average Bonchev–Trinajstić information content (AvgIpc) is 3.13. The molecule has 29 heavy (non-hydrogen) atoms. The highest BCUT2D eigenvalue weighted by Crippen LogP contribution is 2.36. The Labute approximate surface area is 170 Å². The summed E-state index contributed by atoms with van der Waals surface area (Å²) in [6.07, 6.45) is 0.990. The fourth-order valence-electron chi connectivity index (χ4n) is 4.09. The molecule has 0 saturated carbocycles. The van der Waals surface area contributed by atoms with E-state index in [-0.39, 0.29) is 24.2 Å². The van der Waals surface area contributed by atoms with Gasteiger partial charge in [0.15, 0.2) is 9.84 Å². The number of aromatic nitrogens is 1. The van der Waals surface area contributed by atoms with Crippen LogP contribution in [-0.2, 0) is 25.8 Å². The van der Waals surface area contributed by atoms with E-state index in [0.29, 0.717) is 18.0 Å². The molecule has 7 heteroatoms. The minimum Gasteiger partial charge on any atom is -0.469 e. The number of para-hydroxylation sites is 1. The first-order chi connectivity index (χ1) is 14.0. The maximum absolute atomic E-state index is 12.7. The Morgan fingerprint density at radius 1 is 1.14 bits per heavy atom. The van der Waals surface area contributed by atoms with E-state index < -0.39 is 9.84 Å². The van der Waals surface area contributed by atoms with Crippen LogP contribution in [-0.4, -0.2) is 50.2 Å². The van der Waals surface area contributed by atoms with Crippen molar-refractivity contribution in [2.24, 2.45) is 0 Å². The third kappa shape index (κ3) is 3.93. The van der Waals surface area contributed by atoms with E-state index in [1.165, 1.54) is 12.7 Å². The van der Waals surface area contributed by atoms with Crippen LogP contribution in [0.2, 0.25) is 0 Å². The van der Waals surface area contributed by atoms with E-state index in [1.54, 1.807) is 30.3 Å². The molecule has 6 nitrogen and oxygen atoms in total. The fourth-order valence-corrected chi connectivity index (χ4v) is 5.37. The van der Waals surface area contributed by atoms with Crippen LogP contribution >= 0.6 is 0 Å². The first kappa shape index (κ1) is 19.7. The molecule has 0 spiro atoms. The molecular weight excluding hydrogens is 388 g/mol. The van der Waals surface area contributed by atoms with Gasteiger partial charge >= 0.3 is 5.97 Å². The minimum absolute atomic E-state index is 0.00421. The van der Waals surface area contributed by atoms with Gasteiger partial charge in [0.2, 0.25) is 0 Å². The van der Waals surface area contributed by atoms with Gasteiger partial charge in [-0.05, 0) is 30.2 Å². The van der Waals surface area contributed by atoms with E-state index in [9.17, 15) is 13.2 Å². The number of benzene rings is 2. The minimum atomic E-state index is -3.39. The topological polar surface area (TPSA) is 79.5 Å². The Hall–Kier alpha value is -2.64. The zero-order chi connectivity index (χ0) is 20.4. The van der Waals surface area contributed by atoms with Gasteiger partial charge in [0.1, 0.15) is 0 Å². The number of carbonyl (C=O) groups excluding carboxylic acids is 1. The summed E-state index contributed by atoms with van der Waals surface area (Å²) in [5.74, 6) is -0.304. The van der Waals surface area contributed by atoms with Crippen LogP contribution in [0.25, 0.3) is 10.9 Å². The standard InChI is InChI=1S/C22H24N2O4S/c1-28-21(25)15-20-22-18(17-9-5-6-10-19(17)23-22)11-12-24(20)13-14-29(26,27)16-7-3-2-4-8-16/h2-10,20,23H,11-15H2,1H3. The summed E-state index contributed by atoms with van der Waals surface area (Å²) in [6.45, 7) is 1.05. The fraction of sp³-hybridized carbons (Fsp3) is 0.318. The van der Waals surface area contributed by atoms with Crippen molar-refractivity contribution in [2.75, 3.05) is 26.0 Å². The number of carbonyl (C=O) groups is 1. The van der Waals surface area contributed by atoms with Crippen LogP contribution < -0.4 is 0 Å². The molecule has 0 saturated heterocycles. The summed E-state index contributed by atoms with van der Waals surface area (Å²) < 4.78 is 30.3. The summed E-state index contributed by atoms with van der Waals surface area (Å²) in [4.78, 5) is 18.0. The van der Waals surface area contributed by atoms with E-state index in [1.807, 2.05) is 18.2 Å². The highest BCUT2D eigenvalue weighted by atomic mass is 32.2. The first-order valence-corrected chi connectivity index (χ1v) is 11.3. The zero-order valence-corrected chi connectivity index (χ0v) is 17.1. The Bertz CT molecular complexity index is 1120. The molecule has 2 aromatic carbocycles. The van der Waals surface area contributed by atoms with Gasteiger partial charge in [0.25, 0.3) is 0 Å². The molecule has 1 aromatic heterocycles. The van der Waals surface area contributed by atoms with Crippen molar-refractivity contribution in [2.45, 2.75) is 23.8 Å². The number of sulfone groups is 1. The molecule has 3 aromatic rings. The lowest BCUT2D eigenvalue weighted by molar-refractivity contribution is -0.142. The summed E-state index contributed by atoms with van der Waals surface area (Å²) in [5.41, 5.74) is 3.22. The lowest BCUT2D eigenvalue weighted by Crippen LogP contribution is -2.39. The Morgan fingerprint density at radius 3 is 2.62 bits per heavy atom. The van der Waals surface area contributed by atoms with Gasteiger partial charge < -0.3 is 9.72 Å². The monoisotopic (exact) mass is 412 g/mol. The molecular formula is C22H24N2O4S. The molecule has 0 amide bonds. The van der Waals surface area contributed by atoms with Crippen molar-refractivity contribution in [3.05, 3.63) is 65.9 Å². The number of ether oxygens (including phenoxy) is 1. The number of rotatable bonds is 6. The van der Waals surface area contributed by atoms with Gasteiger partial charge in [-0.3, -0.25) is 9.69 Å². The van der Waals surface area contributed by atoms with Crippen LogP contribution in [0.3, 0.4) is 0 Å². The third-order valence-electron chi connectivity index (χ3n) is 5.61. The molecule has 1 atom stereocenters. The number of nitrogens with one attached hydrogen (secondary N) is 1. The molecule has 1 aliphatic rings. The van der Waals surface area contributed by atoms with Crippen molar-refractivity contribution in [1.29, 1.82) is 0 Å². The van der Waals surface area contributed by atoms with Crippen LogP contribution in [0.4, 0.5) is 0 Å². The molecule has 0 radical (unpaired) electrons. The number of aromatic amines is 1. The molecule has 0 fully saturated rings. The van der Waals surface area contributed by atoms with Gasteiger partial charge in [0.05, 0.1) is 30.2 Å². The molecule has 1 unspecified atom stereocenters. The van der Waals surface area contributed by atoms with Crippen LogP contribution in [0.1, 0.15) is 23.7 Å². The SMILES string of the molecule is COC(=O)CC1c2[nH]c3ccccc3c2CCN1CCS(=O)(=O)c1ccccc1. The van der Waals surface area contributed by atoms with E-state index in [2.05, 4.69) is 16.0 Å². The molecule has 4 rings (SSSR count). The Kier molecular flexibility index (Phi) is 5.43. The van der Waals surface area contributed by atoms with E-state index in [4.69, 9.17) is 4.74 Å². The normalized spacial score (nSPS) is 17.2. The van der Waals surface area contributed by atoms with Crippen molar-refractivity contribution >= 4 is 26.7 Å². The quantitative estimate of drug-likeness (QED) is 0.630. The highest BCUT2D eigenvalue weighted by molar-refractivity contribution is 7.91. The van der Waals surface area contributed by atoms with Crippen LogP contribution in [0.15, 0.2) is 59.5 Å². The molecule has 0 bridgehead atoms. The van der Waals surface area contributed by atoms with Gasteiger partial charge in [-0.1, -0.05) is 36.4 Å². The predicted octanol–water partition coefficient (Wildman–Crippen LogP) is 3.10. The number of hydrogen-bond donors (Lipinski definition) is 1. The number of hydrogen-bond acceptors (Lipinski definition) is 5. The predicted molar refractivity (Wildman–Crippen MR) is 111 cm³/mol. The second-order valence-corrected chi connectivity index (χ2v) is 9.39. The van der Waals surface area contributed by atoms with Crippen LogP contribution in [0, 0.1) is 0 Å². The molecule has 2 heterocycles. The first-order valence-electron chi connectivity index (χ1n) is 9.68. The van der Waals surface area contributed by atoms with Gasteiger partial charge in [-0.15, -0.1) is 0 Å². The van der Waals surface area contributed by atoms with E-state index >= 15 is 0 Å². The summed E-state index contributed by atoms with van der Waals surface area (Å²) >= 11 is 0. The molecule has 152 valence electrons. The summed E-state index contributed by atoms with van der Waals surface area (Å²) in [7, 11) is -2.01. The second kappa shape index (κ2) is 8.00. The Morgan fingerprint density at radius 2 is 1.86 bits per heavy atom. The molecule has 0 aliphatic carbocycles. The van der Waals surface area contributed by atoms with Gasteiger partial charge in [-0.2, -0.15) is 0 Å². The number of esters is 1. The lowest BCUT2D eigenvalue weighted by Gasteiger charge is -2.35. The van der Waals surface area contributed by atoms with Gasteiger partial charge in [-0.25, -0.2) is 8.42 Å². The zero-order valence-electron chi connectivity index (χ0n) is 16.3. The number of methoxy groups -OCH3 is 1. The van der Waals surface area contributed by atoms with Crippen molar-refractivity contribution in [3.8, 4) is 0 Å².